The Kier molecular flexibility index (Phi) is 5.69. The molecule has 27 heavy (non-hydrogen) atoms. The van der Waals surface area contributed by atoms with Gasteiger partial charge in [0.2, 0.25) is 5.75 Å². The minimum absolute atomic E-state index is 0.0470. The normalized spacial score (nSPS) is 14.7. The van der Waals surface area contributed by atoms with E-state index in [9.17, 15) is 4.79 Å². The summed E-state index contributed by atoms with van der Waals surface area (Å²) in [4.78, 5) is 12.9. The molecule has 0 bridgehead atoms. The van der Waals surface area contributed by atoms with Crippen molar-refractivity contribution < 1.29 is 23.7 Å². The van der Waals surface area contributed by atoms with Crippen molar-refractivity contribution in [2.24, 2.45) is 0 Å². The van der Waals surface area contributed by atoms with E-state index in [1.807, 2.05) is 43.3 Å². The summed E-state index contributed by atoms with van der Waals surface area (Å²) in [5.74, 6) is 2.55. The van der Waals surface area contributed by atoms with Gasteiger partial charge in [0, 0.05) is 11.1 Å². The molecule has 2 aromatic rings. The maximum Gasteiger partial charge on any atom is 0.203 e. The van der Waals surface area contributed by atoms with Gasteiger partial charge < -0.3 is 18.9 Å². The number of carbonyl (C=O) groups is 1. The molecular formula is C22H24O5. The Hall–Kier alpha value is -2.95. The van der Waals surface area contributed by atoms with Crippen LogP contribution in [0.2, 0.25) is 0 Å². The molecule has 0 unspecified atom stereocenters. The number of ether oxygens (including phenoxy) is 4. The standard InChI is InChI=1S/C22H24O5/c1-5-27-22-19(25-3)11-14(12-20(22)26-4)10-16-7-6-15-13-17(24-2)8-9-18(15)21(16)23/h8-13H,5-7H2,1-4H3/b16-10+. The number of ketones is 1. The molecule has 0 aromatic heterocycles. The van der Waals surface area contributed by atoms with Gasteiger partial charge >= 0.3 is 0 Å². The van der Waals surface area contributed by atoms with E-state index in [0.717, 1.165) is 34.4 Å². The third-order valence-electron chi connectivity index (χ3n) is 4.62. The molecule has 5 nitrogen and oxygen atoms in total. The first-order valence-electron chi connectivity index (χ1n) is 8.92. The SMILES string of the molecule is CCOc1c(OC)cc(/C=C2\CCc3cc(OC)ccc3C2=O)cc1OC. The molecular weight excluding hydrogens is 344 g/mol. The number of Topliss-reactive ketones (excluding diaryl/α,β-unsaturated/α-hetero) is 1. The number of hydrogen-bond donors (Lipinski definition) is 0. The summed E-state index contributed by atoms with van der Waals surface area (Å²) in [7, 11) is 4.80. The van der Waals surface area contributed by atoms with E-state index in [4.69, 9.17) is 18.9 Å². The first kappa shape index (κ1) is 18.8. The molecule has 0 saturated carbocycles. The number of benzene rings is 2. The van der Waals surface area contributed by atoms with Crippen molar-refractivity contribution in [3.05, 3.63) is 52.6 Å². The molecule has 0 heterocycles. The molecule has 0 atom stereocenters. The van der Waals surface area contributed by atoms with Gasteiger partial charge in [-0.25, -0.2) is 0 Å². The Morgan fingerprint density at radius 1 is 0.963 bits per heavy atom. The van der Waals surface area contributed by atoms with Crippen LogP contribution in [0.25, 0.3) is 6.08 Å². The summed E-state index contributed by atoms with van der Waals surface area (Å²) in [5.41, 5.74) is 3.37. The van der Waals surface area contributed by atoms with Crippen molar-refractivity contribution in [3.63, 3.8) is 0 Å². The number of rotatable bonds is 6. The first-order chi connectivity index (χ1) is 13.1. The number of methoxy groups -OCH3 is 3. The van der Waals surface area contributed by atoms with Gasteiger partial charge in [-0.2, -0.15) is 0 Å². The lowest BCUT2D eigenvalue weighted by Gasteiger charge is -2.19. The molecule has 0 spiro atoms. The van der Waals surface area contributed by atoms with Gasteiger partial charge in [-0.1, -0.05) is 0 Å². The molecule has 2 aromatic carbocycles. The average molecular weight is 368 g/mol. The zero-order valence-corrected chi connectivity index (χ0v) is 16.1. The summed E-state index contributed by atoms with van der Waals surface area (Å²) < 4.78 is 21.8. The molecule has 3 rings (SSSR count). The molecule has 5 heteroatoms. The second kappa shape index (κ2) is 8.16. The van der Waals surface area contributed by atoms with Crippen LogP contribution in [-0.2, 0) is 6.42 Å². The van der Waals surface area contributed by atoms with Crippen LogP contribution >= 0.6 is 0 Å². The van der Waals surface area contributed by atoms with E-state index < -0.39 is 0 Å². The minimum Gasteiger partial charge on any atom is -0.497 e. The van der Waals surface area contributed by atoms with Gasteiger partial charge in [0.1, 0.15) is 5.75 Å². The fourth-order valence-electron chi connectivity index (χ4n) is 3.29. The molecule has 0 aliphatic heterocycles. The van der Waals surface area contributed by atoms with E-state index in [1.54, 1.807) is 21.3 Å². The number of aryl methyl sites for hydroxylation is 1. The Balaban J connectivity index is 1.98. The van der Waals surface area contributed by atoms with Crippen LogP contribution < -0.4 is 18.9 Å². The number of fused-ring (bicyclic) bond motifs is 1. The molecule has 0 radical (unpaired) electrons. The van der Waals surface area contributed by atoms with Crippen LogP contribution in [0, 0.1) is 0 Å². The summed E-state index contributed by atoms with van der Waals surface area (Å²) in [5, 5.41) is 0. The van der Waals surface area contributed by atoms with Crippen molar-refractivity contribution in [2.75, 3.05) is 27.9 Å². The van der Waals surface area contributed by atoms with Gasteiger partial charge in [0.15, 0.2) is 17.3 Å². The molecule has 0 saturated heterocycles. The lowest BCUT2D eigenvalue weighted by Crippen LogP contribution is -2.14. The van der Waals surface area contributed by atoms with E-state index in [2.05, 4.69) is 0 Å². The van der Waals surface area contributed by atoms with Crippen molar-refractivity contribution in [1.29, 1.82) is 0 Å². The Morgan fingerprint density at radius 2 is 1.67 bits per heavy atom. The zero-order chi connectivity index (χ0) is 19.4. The molecule has 142 valence electrons. The highest BCUT2D eigenvalue weighted by molar-refractivity contribution is 6.13. The van der Waals surface area contributed by atoms with Crippen LogP contribution in [0.5, 0.6) is 23.0 Å². The number of hydrogen-bond acceptors (Lipinski definition) is 5. The quantitative estimate of drug-likeness (QED) is 0.711. The summed E-state index contributed by atoms with van der Waals surface area (Å²) in [6, 6.07) is 9.31. The highest BCUT2D eigenvalue weighted by atomic mass is 16.5. The Morgan fingerprint density at radius 3 is 2.26 bits per heavy atom. The number of allylic oxidation sites excluding steroid dienone is 1. The molecule has 1 aliphatic carbocycles. The lowest BCUT2D eigenvalue weighted by atomic mass is 9.86. The first-order valence-corrected chi connectivity index (χ1v) is 8.92. The van der Waals surface area contributed by atoms with E-state index in [0.29, 0.717) is 30.3 Å². The molecule has 0 amide bonds. The van der Waals surface area contributed by atoms with Crippen molar-refractivity contribution in [3.8, 4) is 23.0 Å². The average Bonchev–Trinajstić information content (AvgIpc) is 2.70. The van der Waals surface area contributed by atoms with Crippen LogP contribution in [-0.4, -0.2) is 33.7 Å². The van der Waals surface area contributed by atoms with Crippen molar-refractivity contribution >= 4 is 11.9 Å². The van der Waals surface area contributed by atoms with Gasteiger partial charge in [-0.05, 0) is 67.3 Å². The highest BCUT2D eigenvalue weighted by Gasteiger charge is 2.23. The van der Waals surface area contributed by atoms with Gasteiger partial charge in [0.25, 0.3) is 0 Å². The molecule has 1 aliphatic rings. The van der Waals surface area contributed by atoms with Crippen LogP contribution in [0.3, 0.4) is 0 Å². The fraction of sp³-hybridized carbons (Fsp3) is 0.318. The van der Waals surface area contributed by atoms with Crippen molar-refractivity contribution in [1.82, 2.24) is 0 Å². The predicted octanol–water partition coefficient (Wildman–Crippen LogP) is 4.32. The highest BCUT2D eigenvalue weighted by Crippen LogP contribution is 2.39. The number of carbonyl (C=O) groups excluding carboxylic acids is 1. The largest absolute Gasteiger partial charge is 0.497 e. The zero-order valence-electron chi connectivity index (χ0n) is 16.1. The monoisotopic (exact) mass is 368 g/mol. The minimum atomic E-state index is 0.0470. The third-order valence-corrected chi connectivity index (χ3v) is 4.62. The summed E-state index contributed by atoms with van der Waals surface area (Å²) >= 11 is 0. The van der Waals surface area contributed by atoms with E-state index >= 15 is 0 Å². The maximum atomic E-state index is 12.9. The third kappa shape index (κ3) is 3.77. The second-order valence-electron chi connectivity index (χ2n) is 6.21. The summed E-state index contributed by atoms with van der Waals surface area (Å²) in [6.07, 6.45) is 3.38. The lowest BCUT2D eigenvalue weighted by molar-refractivity contribution is 0.102. The second-order valence-corrected chi connectivity index (χ2v) is 6.21. The Labute approximate surface area is 159 Å². The molecule has 0 fully saturated rings. The predicted molar refractivity (Wildman–Crippen MR) is 104 cm³/mol. The Bertz CT molecular complexity index is 857. The topological polar surface area (TPSA) is 54.0 Å². The fourth-order valence-corrected chi connectivity index (χ4v) is 3.29. The van der Waals surface area contributed by atoms with E-state index in [-0.39, 0.29) is 5.78 Å². The smallest absolute Gasteiger partial charge is 0.203 e. The van der Waals surface area contributed by atoms with Gasteiger partial charge in [-0.15, -0.1) is 0 Å². The van der Waals surface area contributed by atoms with Crippen LogP contribution in [0.1, 0.15) is 34.8 Å². The van der Waals surface area contributed by atoms with Gasteiger partial charge in [-0.3, -0.25) is 4.79 Å². The molecule has 0 N–H and O–H groups in total. The van der Waals surface area contributed by atoms with Crippen LogP contribution in [0.4, 0.5) is 0 Å². The van der Waals surface area contributed by atoms with Crippen molar-refractivity contribution in [2.45, 2.75) is 19.8 Å². The van der Waals surface area contributed by atoms with E-state index in [1.165, 1.54) is 0 Å². The van der Waals surface area contributed by atoms with Gasteiger partial charge in [0.05, 0.1) is 27.9 Å². The summed E-state index contributed by atoms with van der Waals surface area (Å²) in [6.45, 7) is 2.41. The maximum absolute atomic E-state index is 12.9. The van der Waals surface area contributed by atoms with Crippen LogP contribution in [0.15, 0.2) is 35.9 Å².